The zero-order valence-electron chi connectivity index (χ0n) is 22.3. The van der Waals surface area contributed by atoms with Crippen LogP contribution in [0.2, 0.25) is 0 Å². The molecule has 0 aliphatic carbocycles. The van der Waals surface area contributed by atoms with Crippen LogP contribution in [0.1, 0.15) is 68.2 Å². The number of hydrogen-bond donors (Lipinski definition) is 6. The molecule has 0 aromatic heterocycles. The second-order valence-corrected chi connectivity index (χ2v) is 9.86. The summed E-state index contributed by atoms with van der Waals surface area (Å²) in [7, 11) is 0. The van der Waals surface area contributed by atoms with Gasteiger partial charge in [0.25, 0.3) is 0 Å². The highest BCUT2D eigenvalue weighted by molar-refractivity contribution is 5.95. The van der Waals surface area contributed by atoms with Crippen LogP contribution in [-0.2, 0) is 24.0 Å². The minimum Gasteiger partial charge on any atom is -0.480 e. The number of carboxylic acid groups (broad SMARTS) is 1. The summed E-state index contributed by atoms with van der Waals surface area (Å²) in [5, 5.41) is 19.2. The Morgan fingerprint density at radius 3 is 1.46 bits per heavy atom. The van der Waals surface area contributed by atoms with E-state index < -0.39 is 60.3 Å². The van der Waals surface area contributed by atoms with Gasteiger partial charge in [0.1, 0.15) is 24.7 Å². The van der Waals surface area contributed by atoms with E-state index in [9.17, 15) is 24.0 Å². The molecule has 0 radical (unpaired) electrons. The number of nitrogens with two attached hydrogens (primary N) is 1. The molecule has 0 heterocycles. The van der Waals surface area contributed by atoms with E-state index in [1.807, 2.05) is 34.6 Å². The summed E-state index contributed by atoms with van der Waals surface area (Å²) in [4.78, 5) is 62.2. The third-order valence-corrected chi connectivity index (χ3v) is 6.27. The first-order chi connectivity index (χ1) is 16.2. The van der Waals surface area contributed by atoms with Crippen molar-refractivity contribution in [3.05, 3.63) is 0 Å². The van der Waals surface area contributed by atoms with Crippen molar-refractivity contribution in [2.24, 2.45) is 29.4 Å². The third kappa shape index (κ3) is 10.6. The number of carboxylic acids is 1. The van der Waals surface area contributed by atoms with Gasteiger partial charge in [0.05, 0.1) is 6.04 Å². The summed E-state index contributed by atoms with van der Waals surface area (Å²) < 4.78 is 0. The van der Waals surface area contributed by atoms with Gasteiger partial charge in [-0.1, -0.05) is 68.2 Å². The van der Waals surface area contributed by atoms with Crippen LogP contribution >= 0.6 is 0 Å². The van der Waals surface area contributed by atoms with Crippen molar-refractivity contribution >= 4 is 29.6 Å². The van der Waals surface area contributed by atoms with E-state index in [1.54, 1.807) is 20.8 Å². The second kappa shape index (κ2) is 15.3. The first kappa shape index (κ1) is 32.3. The molecule has 4 amide bonds. The van der Waals surface area contributed by atoms with Gasteiger partial charge in [-0.15, -0.1) is 0 Å². The van der Waals surface area contributed by atoms with Crippen molar-refractivity contribution in [2.45, 2.75) is 92.4 Å². The topological polar surface area (TPSA) is 180 Å². The molecular weight excluding hydrogens is 454 g/mol. The molecule has 0 bridgehead atoms. The zero-order valence-corrected chi connectivity index (χ0v) is 22.3. The molecule has 0 aliphatic rings. The molecule has 0 saturated heterocycles. The lowest BCUT2D eigenvalue weighted by atomic mass is 9.94. The summed E-state index contributed by atoms with van der Waals surface area (Å²) >= 11 is 0. The standard InChI is InChI=1S/C24H45N5O6/c1-9-14(7)19(22(33)26-11-16(30)31)29-23(34)18(13(5)6)27-24(35)20(15(8)10-2)28-21(32)17(25)12(3)4/h12-15,17-20H,9-11,25H2,1-8H3,(H,26,33)(H,27,35)(H,28,32)(H,29,34)(H,30,31)/t14-,15-,17-,18-,19-,20-/m0/s1. The number of hydrogen-bond acceptors (Lipinski definition) is 6. The minimum absolute atomic E-state index is 0.116. The first-order valence-electron chi connectivity index (χ1n) is 12.3. The lowest BCUT2D eigenvalue weighted by Crippen LogP contribution is -2.61. The maximum Gasteiger partial charge on any atom is 0.322 e. The Hall–Kier alpha value is -2.69. The summed E-state index contributed by atoms with van der Waals surface area (Å²) in [5.41, 5.74) is 5.93. The van der Waals surface area contributed by atoms with Crippen molar-refractivity contribution in [1.82, 2.24) is 21.3 Å². The Morgan fingerprint density at radius 1 is 0.657 bits per heavy atom. The van der Waals surface area contributed by atoms with Gasteiger partial charge in [-0.2, -0.15) is 0 Å². The van der Waals surface area contributed by atoms with E-state index in [4.69, 9.17) is 10.8 Å². The summed E-state index contributed by atoms with van der Waals surface area (Å²) in [6.45, 7) is 13.9. The number of carbonyl (C=O) groups excluding carboxylic acids is 4. The largest absolute Gasteiger partial charge is 0.480 e. The van der Waals surface area contributed by atoms with Gasteiger partial charge in [0, 0.05) is 0 Å². The fourth-order valence-corrected chi connectivity index (χ4v) is 3.25. The predicted molar refractivity (Wildman–Crippen MR) is 133 cm³/mol. The van der Waals surface area contributed by atoms with E-state index in [0.29, 0.717) is 12.8 Å². The molecule has 35 heavy (non-hydrogen) atoms. The van der Waals surface area contributed by atoms with Crippen LogP contribution in [0.15, 0.2) is 0 Å². The molecule has 0 fully saturated rings. The van der Waals surface area contributed by atoms with Crippen molar-refractivity contribution in [1.29, 1.82) is 0 Å². The van der Waals surface area contributed by atoms with Gasteiger partial charge in [-0.05, 0) is 23.7 Å². The Kier molecular flexibility index (Phi) is 14.2. The average molecular weight is 500 g/mol. The lowest BCUT2D eigenvalue weighted by Gasteiger charge is -2.30. The number of amides is 4. The molecule has 0 rings (SSSR count). The fraction of sp³-hybridized carbons (Fsp3) is 0.792. The van der Waals surface area contributed by atoms with Crippen molar-refractivity contribution in [2.75, 3.05) is 6.54 Å². The molecule has 202 valence electrons. The van der Waals surface area contributed by atoms with Crippen molar-refractivity contribution in [3.8, 4) is 0 Å². The van der Waals surface area contributed by atoms with E-state index in [0.717, 1.165) is 0 Å². The second-order valence-electron chi connectivity index (χ2n) is 9.86. The molecule has 11 nitrogen and oxygen atoms in total. The Balaban J connectivity index is 5.67. The molecule has 0 spiro atoms. The van der Waals surface area contributed by atoms with E-state index in [1.165, 1.54) is 0 Å². The van der Waals surface area contributed by atoms with Crippen LogP contribution in [0.3, 0.4) is 0 Å². The smallest absolute Gasteiger partial charge is 0.322 e. The molecule has 0 aliphatic heterocycles. The fourth-order valence-electron chi connectivity index (χ4n) is 3.25. The molecule has 7 N–H and O–H groups in total. The van der Waals surface area contributed by atoms with E-state index in [2.05, 4.69) is 21.3 Å². The number of rotatable bonds is 15. The molecule has 6 atom stereocenters. The molecule has 11 heteroatoms. The van der Waals surface area contributed by atoms with Gasteiger partial charge < -0.3 is 32.1 Å². The monoisotopic (exact) mass is 499 g/mol. The Labute approximate surface area is 208 Å². The number of carbonyl (C=O) groups is 5. The minimum atomic E-state index is -1.20. The SMILES string of the molecule is CC[C@H](C)[C@H](NC(=O)[C@@H](N)C(C)C)C(=O)N[C@H](C(=O)N[C@H](C(=O)NCC(=O)O)[C@@H](C)CC)C(C)C. The Bertz CT molecular complexity index is 742. The van der Waals surface area contributed by atoms with Crippen LogP contribution in [-0.4, -0.2) is 65.4 Å². The first-order valence-corrected chi connectivity index (χ1v) is 12.3. The van der Waals surface area contributed by atoms with Gasteiger partial charge in [0.2, 0.25) is 23.6 Å². The summed E-state index contributed by atoms with van der Waals surface area (Å²) in [6, 6.07) is -3.63. The molecular formula is C24H45N5O6. The highest BCUT2D eigenvalue weighted by Gasteiger charge is 2.35. The maximum absolute atomic E-state index is 13.2. The summed E-state index contributed by atoms with van der Waals surface area (Å²) in [6.07, 6.45) is 1.16. The quantitative estimate of drug-likeness (QED) is 0.188. The zero-order chi connectivity index (χ0) is 27.5. The number of nitrogens with one attached hydrogen (secondary N) is 4. The third-order valence-electron chi connectivity index (χ3n) is 6.27. The molecule has 0 unspecified atom stereocenters. The maximum atomic E-state index is 13.2. The van der Waals surface area contributed by atoms with Gasteiger partial charge in [-0.3, -0.25) is 24.0 Å². The van der Waals surface area contributed by atoms with Crippen LogP contribution in [0, 0.1) is 23.7 Å². The molecule has 0 aromatic rings. The lowest BCUT2D eigenvalue weighted by molar-refractivity contribution is -0.139. The van der Waals surface area contributed by atoms with E-state index in [-0.39, 0.29) is 23.7 Å². The highest BCUT2D eigenvalue weighted by atomic mass is 16.4. The summed E-state index contributed by atoms with van der Waals surface area (Å²) in [5.74, 6) is -4.29. The predicted octanol–water partition coefficient (Wildman–Crippen LogP) is 0.373. The van der Waals surface area contributed by atoms with Crippen molar-refractivity contribution in [3.63, 3.8) is 0 Å². The molecule has 0 saturated carbocycles. The Morgan fingerprint density at radius 2 is 1.06 bits per heavy atom. The van der Waals surface area contributed by atoms with E-state index >= 15 is 0 Å². The number of aliphatic carboxylic acids is 1. The average Bonchev–Trinajstić information content (AvgIpc) is 2.80. The van der Waals surface area contributed by atoms with Gasteiger partial charge in [-0.25, -0.2) is 0 Å². The van der Waals surface area contributed by atoms with Gasteiger partial charge in [0.15, 0.2) is 0 Å². The van der Waals surface area contributed by atoms with Crippen LogP contribution < -0.4 is 27.0 Å². The van der Waals surface area contributed by atoms with Crippen LogP contribution in [0.4, 0.5) is 0 Å². The van der Waals surface area contributed by atoms with Gasteiger partial charge >= 0.3 is 5.97 Å². The normalized spacial score (nSPS) is 16.4. The highest BCUT2D eigenvalue weighted by Crippen LogP contribution is 2.13. The van der Waals surface area contributed by atoms with Crippen LogP contribution in [0.25, 0.3) is 0 Å². The van der Waals surface area contributed by atoms with Crippen LogP contribution in [0.5, 0.6) is 0 Å². The molecule has 0 aromatic carbocycles. The van der Waals surface area contributed by atoms with Crippen molar-refractivity contribution < 1.29 is 29.1 Å².